The van der Waals surface area contributed by atoms with Crippen LogP contribution in [0.25, 0.3) is 0 Å². The minimum Gasteiger partial charge on any atom is -0.366 e. The number of carbonyl (C=O) groups is 2. The van der Waals surface area contributed by atoms with Crippen molar-refractivity contribution >= 4 is 17.5 Å². The molecule has 0 spiro atoms. The molecule has 1 aromatic carbocycles. The number of nitrogens with zero attached hydrogens (tertiary/aromatic N) is 2. The van der Waals surface area contributed by atoms with E-state index in [4.69, 9.17) is 0 Å². The molecule has 102 valence electrons. The van der Waals surface area contributed by atoms with Crippen molar-refractivity contribution in [1.29, 1.82) is 0 Å². The number of likely N-dealkylation sites (N-methyl/N-ethyl adjacent to an activating group) is 1. The van der Waals surface area contributed by atoms with E-state index in [1.807, 2.05) is 4.90 Å². The van der Waals surface area contributed by atoms with Gasteiger partial charge in [0.15, 0.2) is 0 Å². The van der Waals surface area contributed by atoms with Gasteiger partial charge in [-0.05, 0) is 12.1 Å². The van der Waals surface area contributed by atoms with Crippen LogP contribution in [-0.4, -0.2) is 49.9 Å². The SMILES string of the molecule is CNC(=O)C(=O)N1CCN(c2ccccc2F)CC1. The molecule has 6 heteroatoms. The Morgan fingerprint density at radius 3 is 2.37 bits per heavy atom. The lowest BCUT2D eigenvalue weighted by molar-refractivity contribution is -0.145. The molecule has 2 amide bonds. The van der Waals surface area contributed by atoms with Crippen LogP contribution in [0.15, 0.2) is 24.3 Å². The van der Waals surface area contributed by atoms with Gasteiger partial charge in [-0.25, -0.2) is 4.39 Å². The average Bonchev–Trinajstić information content (AvgIpc) is 2.46. The largest absolute Gasteiger partial charge is 0.366 e. The van der Waals surface area contributed by atoms with Crippen molar-refractivity contribution in [2.24, 2.45) is 0 Å². The summed E-state index contributed by atoms with van der Waals surface area (Å²) in [5, 5.41) is 2.31. The van der Waals surface area contributed by atoms with Gasteiger partial charge in [0.2, 0.25) is 0 Å². The molecule has 0 bridgehead atoms. The maximum Gasteiger partial charge on any atom is 0.311 e. The van der Waals surface area contributed by atoms with Gasteiger partial charge in [-0.2, -0.15) is 0 Å². The molecule has 0 unspecified atom stereocenters. The molecular formula is C13H16FN3O2. The third-order valence-corrected chi connectivity index (χ3v) is 3.18. The molecule has 0 atom stereocenters. The Labute approximate surface area is 111 Å². The molecule has 0 radical (unpaired) electrons. The van der Waals surface area contributed by atoms with E-state index in [1.54, 1.807) is 18.2 Å². The van der Waals surface area contributed by atoms with Gasteiger partial charge in [0, 0.05) is 33.2 Å². The Balaban J connectivity index is 1.98. The van der Waals surface area contributed by atoms with E-state index in [2.05, 4.69) is 5.32 Å². The molecule has 1 heterocycles. The summed E-state index contributed by atoms with van der Waals surface area (Å²) >= 11 is 0. The standard InChI is InChI=1S/C13H16FN3O2/c1-15-12(18)13(19)17-8-6-16(7-9-17)11-5-3-2-4-10(11)14/h2-5H,6-9H2,1H3,(H,15,18). The highest BCUT2D eigenvalue weighted by atomic mass is 19.1. The van der Waals surface area contributed by atoms with E-state index >= 15 is 0 Å². The molecular weight excluding hydrogens is 249 g/mol. The second-order valence-electron chi connectivity index (χ2n) is 4.31. The Bertz CT molecular complexity index is 485. The molecule has 0 saturated carbocycles. The number of piperazine rings is 1. The van der Waals surface area contributed by atoms with Crippen molar-refractivity contribution in [3.8, 4) is 0 Å². The Kier molecular flexibility index (Phi) is 3.99. The fourth-order valence-corrected chi connectivity index (χ4v) is 2.11. The van der Waals surface area contributed by atoms with E-state index in [-0.39, 0.29) is 5.82 Å². The molecule has 1 aliphatic rings. The predicted octanol–water partition coefficient (Wildman–Crippen LogP) is 0.220. The fraction of sp³-hybridized carbons (Fsp3) is 0.385. The highest BCUT2D eigenvalue weighted by molar-refractivity contribution is 6.34. The summed E-state index contributed by atoms with van der Waals surface area (Å²) in [6.07, 6.45) is 0. The van der Waals surface area contributed by atoms with E-state index < -0.39 is 11.8 Å². The number of amides is 2. The number of hydrogen-bond donors (Lipinski definition) is 1. The smallest absolute Gasteiger partial charge is 0.311 e. The van der Waals surface area contributed by atoms with Crippen molar-refractivity contribution in [2.45, 2.75) is 0 Å². The number of anilines is 1. The van der Waals surface area contributed by atoms with Crippen LogP contribution in [0.4, 0.5) is 10.1 Å². The minimum absolute atomic E-state index is 0.270. The zero-order valence-electron chi connectivity index (χ0n) is 10.7. The zero-order valence-corrected chi connectivity index (χ0v) is 10.7. The molecule has 0 aliphatic carbocycles. The van der Waals surface area contributed by atoms with Crippen LogP contribution in [-0.2, 0) is 9.59 Å². The van der Waals surface area contributed by atoms with E-state index in [0.717, 1.165) is 0 Å². The zero-order chi connectivity index (χ0) is 13.8. The fourth-order valence-electron chi connectivity index (χ4n) is 2.11. The summed E-state index contributed by atoms with van der Waals surface area (Å²) in [7, 11) is 1.43. The third-order valence-electron chi connectivity index (χ3n) is 3.18. The van der Waals surface area contributed by atoms with Gasteiger partial charge >= 0.3 is 11.8 Å². The monoisotopic (exact) mass is 265 g/mol. The number of carbonyl (C=O) groups excluding carboxylic acids is 2. The number of rotatable bonds is 1. The van der Waals surface area contributed by atoms with E-state index in [0.29, 0.717) is 31.9 Å². The summed E-state index contributed by atoms with van der Waals surface area (Å²) in [4.78, 5) is 26.3. The van der Waals surface area contributed by atoms with Crippen LogP contribution in [0.5, 0.6) is 0 Å². The highest BCUT2D eigenvalue weighted by Crippen LogP contribution is 2.20. The van der Waals surface area contributed by atoms with E-state index in [9.17, 15) is 14.0 Å². The summed E-state index contributed by atoms with van der Waals surface area (Å²) in [6.45, 7) is 1.87. The number of benzene rings is 1. The molecule has 1 fully saturated rings. The number of para-hydroxylation sites is 1. The Hall–Kier alpha value is -2.11. The molecule has 19 heavy (non-hydrogen) atoms. The van der Waals surface area contributed by atoms with Gasteiger partial charge in [0.05, 0.1) is 5.69 Å². The number of hydrogen-bond acceptors (Lipinski definition) is 3. The predicted molar refractivity (Wildman–Crippen MR) is 69.3 cm³/mol. The second kappa shape index (κ2) is 5.69. The Morgan fingerprint density at radius 1 is 1.16 bits per heavy atom. The highest BCUT2D eigenvalue weighted by Gasteiger charge is 2.25. The van der Waals surface area contributed by atoms with Crippen molar-refractivity contribution < 1.29 is 14.0 Å². The molecule has 1 saturated heterocycles. The van der Waals surface area contributed by atoms with Gasteiger partial charge in [-0.1, -0.05) is 12.1 Å². The molecule has 1 aliphatic heterocycles. The third kappa shape index (κ3) is 2.83. The van der Waals surface area contributed by atoms with Gasteiger partial charge in [0.25, 0.3) is 0 Å². The summed E-state index contributed by atoms with van der Waals surface area (Å²) in [5.41, 5.74) is 0.537. The quantitative estimate of drug-likeness (QED) is 0.739. The van der Waals surface area contributed by atoms with Gasteiger partial charge in [0.1, 0.15) is 5.82 Å². The van der Waals surface area contributed by atoms with Crippen molar-refractivity contribution in [1.82, 2.24) is 10.2 Å². The van der Waals surface area contributed by atoms with Crippen LogP contribution in [0.3, 0.4) is 0 Å². The average molecular weight is 265 g/mol. The number of nitrogens with one attached hydrogen (secondary N) is 1. The first-order chi connectivity index (χ1) is 9.13. The minimum atomic E-state index is -0.612. The topological polar surface area (TPSA) is 52.7 Å². The lowest BCUT2D eigenvalue weighted by atomic mass is 10.2. The van der Waals surface area contributed by atoms with Gasteiger partial charge in [-0.3, -0.25) is 9.59 Å². The molecule has 0 aromatic heterocycles. The number of halogens is 1. The first-order valence-electron chi connectivity index (χ1n) is 6.14. The lowest BCUT2D eigenvalue weighted by Gasteiger charge is -2.35. The summed E-state index contributed by atoms with van der Waals surface area (Å²) in [5.74, 6) is -1.41. The van der Waals surface area contributed by atoms with Crippen molar-refractivity contribution in [3.05, 3.63) is 30.1 Å². The maximum atomic E-state index is 13.6. The maximum absolute atomic E-state index is 13.6. The van der Waals surface area contributed by atoms with Crippen molar-refractivity contribution in [3.63, 3.8) is 0 Å². The van der Waals surface area contributed by atoms with Crippen molar-refractivity contribution in [2.75, 3.05) is 38.1 Å². The first-order valence-corrected chi connectivity index (χ1v) is 6.14. The lowest BCUT2D eigenvalue weighted by Crippen LogP contribution is -2.52. The summed E-state index contributed by atoms with van der Waals surface area (Å²) < 4.78 is 13.6. The normalized spacial score (nSPS) is 15.3. The Morgan fingerprint density at radius 2 is 1.79 bits per heavy atom. The van der Waals surface area contributed by atoms with Gasteiger partial charge < -0.3 is 15.1 Å². The van der Waals surface area contributed by atoms with Crippen LogP contribution in [0.1, 0.15) is 0 Å². The van der Waals surface area contributed by atoms with E-state index in [1.165, 1.54) is 18.0 Å². The van der Waals surface area contributed by atoms with Crippen LogP contribution in [0.2, 0.25) is 0 Å². The molecule has 1 N–H and O–H groups in total. The van der Waals surface area contributed by atoms with Gasteiger partial charge in [-0.15, -0.1) is 0 Å². The molecule has 5 nitrogen and oxygen atoms in total. The van der Waals surface area contributed by atoms with Crippen LogP contribution >= 0.6 is 0 Å². The van der Waals surface area contributed by atoms with Crippen LogP contribution in [0, 0.1) is 5.82 Å². The second-order valence-corrected chi connectivity index (χ2v) is 4.31. The molecule has 2 rings (SSSR count). The molecule has 1 aromatic rings. The summed E-state index contributed by atoms with van der Waals surface area (Å²) in [6, 6.07) is 6.55. The van der Waals surface area contributed by atoms with Crippen LogP contribution < -0.4 is 10.2 Å². The first kappa shape index (κ1) is 13.3.